The first-order valence-electron chi connectivity index (χ1n) is 4.88. The van der Waals surface area contributed by atoms with Gasteiger partial charge in [0.05, 0.1) is 11.4 Å². The summed E-state index contributed by atoms with van der Waals surface area (Å²) in [7, 11) is 1.96. The Morgan fingerprint density at radius 2 is 2.31 bits per heavy atom. The average Bonchev–Trinajstić information content (AvgIpc) is 2.86. The van der Waals surface area contributed by atoms with Gasteiger partial charge in [-0.3, -0.25) is 4.68 Å². The lowest BCUT2D eigenvalue weighted by Gasteiger charge is -2.01. The molecule has 1 aromatic heterocycles. The molecule has 4 heteroatoms. The molecule has 1 fully saturated rings. The van der Waals surface area contributed by atoms with Gasteiger partial charge in [0.1, 0.15) is 0 Å². The number of hydrogen-bond acceptors (Lipinski definition) is 3. The van der Waals surface area contributed by atoms with Gasteiger partial charge in [0, 0.05) is 13.5 Å². The van der Waals surface area contributed by atoms with Crippen molar-refractivity contribution in [2.75, 3.05) is 6.54 Å². The molecule has 4 nitrogen and oxygen atoms in total. The van der Waals surface area contributed by atoms with Crippen LogP contribution in [0.5, 0.6) is 0 Å². The van der Waals surface area contributed by atoms with Crippen LogP contribution in [0.4, 0.5) is 0 Å². The van der Waals surface area contributed by atoms with Gasteiger partial charge in [0.2, 0.25) is 0 Å². The van der Waals surface area contributed by atoms with Crippen LogP contribution >= 0.6 is 0 Å². The summed E-state index contributed by atoms with van der Waals surface area (Å²) in [6.07, 6.45) is 4.73. The van der Waals surface area contributed by atoms with Crippen molar-refractivity contribution in [2.45, 2.75) is 25.7 Å². The number of nitrogens with zero attached hydrogens (tertiary/aromatic N) is 3. The van der Waals surface area contributed by atoms with Crippen molar-refractivity contribution >= 4 is 0 Å². The predicted octanol–water partition coefficient (Wildman–Crippen LogP) is 0.269. The summed E-state index contributed by atoms with van der Waals surface area (Å²) in [4.78, 5) is 0. The van der Waals surface area contributed by atoms with Gasteiger partial charge in [0.25, 0.3) is 0 Å². The van der Waals surface area contributed by atoms with Crippen molar-refractivity contribution in [3.05, 3.63) is 11.4 Å². The fourth-order valence-electron chi connectivity index (χ4n) is 1.60. The maximum absolute atomic E-state index is 5.51. The first kappa shape index (κ1) is 8.69. The molecule has 0 bridgehead atoms. The summed E-state index contributed by atoms with van der Waals surface area (Å²) >= 11 is 0. The van der Waals surface area contributed by atoms with Gasteiger partial charge in [-0.1, -0.05) is 5.21 Å². The Morgan fingerprint density at radius 3 is 2.92 bits per heavy atom. The molecular weight excluding hydrogens is 164 g/mol. The van der Waals surface area contributed by atoms with Gasteiger partial charge in [-0.2, -0.15) is 0 Å². The number of hydrogen-bond donors (Lipinski definition) is 1. The van der Waals surface area contributed by atoms with Gasteiger partial charge in [0.15, 0.2) is 0 Å². The first-order chi connectivity index (χ1) is 6.31. The summed E-state index contributed by atoms with van der Waals surface area (Å²) in [6, 6.07) is 0. The lowest BCUT2D eigenvalue weighted by molar-refractivity contribution is 0.654. The van der Waals surface area contributed by atoms with E-state index in [-0.39, 0.29) is 0 Å². The fourth-order valence-corrected chi connectivity index (χ4v) is 1.60. The molecule has 0 radical (unpaired) electrons. The third kappa shape index (κ3) is 1.88. The predicted molar refractivity (Wildman–Crippen MR) is 50.2 cm³/mol. The second kappa shape index (κ2) is 3.46. The number of aromatic nitrogens is 3. The van der Waals surface area contributed by atoms with Crippen LogP contribution in [-0.2, 0) is 19.9 Å². The smallest absolute Gasteiger partial charge is 0.0871 e. The Labute approximate surface area is 78.1 Å². The highest BCUT2D eigenvalue weighted by molar-refractivity contribution is 5.12. The molecule has 1 aliphatic rings. The van der Waals surface area contributed by atoms with Crippen LogP contribution in [0.3, 0.4) is 0 Å². The molecule has 0 unspecified atom stereocenters. The summed E-state index contributed by atoms with van der Waals surface area (Å²) in [6.45, 7) is 0.663. The van der Waals surface area contributed by atoms with Crippen molar-refractivity contribution in [2.24, 2.45) is 18.7 Å². The normalized spacial score (nSPS) is 16.5. The Morgan fingerprint density at radius 1 is 1.54 bits per heavy atom. The molecule has 1 heterocycles. The van der Waals surface area contributed by atoms with E-state index in [9.17, 15) is 0 Å². The maximum atomic E-state index is 5.51. The Bertz CT molecular complexity index is 288. The molecule has 72 valence electrons. The Kier molecular flexibility index (Phi) is 2.31. The molecule has 2 N–H and O–H groups in total. The highest BCUT2D eigenvalue weighted by Gasteiger charge is 2.24. The second-order valence-electron chi connectivity index (χ2n) is 3.79. The van der Waals surface area contributed by atoms with E-state index in [2.05, 4.69) is 10.3 Å². The molecule has 0 saturated heterocycles. The molecule has 1 aromatic rings. The zero-order valence-corrected chi connectivity index (χ0v) is 8.03. The molecule has 0 atom stereocenters. The minimum atomic E-state index is 0.663. The van der Waals surface area contributed by atoms with Gasteiger partial charge in [-0.05, 0) is 31.7 Å². The summed E-state index contributed by atoms with van der Waals surface area (Å²) in [5.41, 5.74) is 7.89. The fraction of sp³-hybridized carbons (Fsp3) is 0.778. The third-order valence-electron chi connectivity index (χ3n) is 2.58. The van der Waals surface area contributed by atoms with Gasteiger partial charge in [-0.15, -0.1) is 5.10 Å². The van der Waals surface area contributed by atoms with Gasteiger partial charge in [-0.25, -0.2) is 0 Å². The van der Waals surface area contributed by atoms with Crippen LogP contribution in [0, 0.1) is 5.92 Å². The summed E-state index contributed by atoms with van der Waals surface area (Å²) in [5.74, 6) is 0.883. The van der Waals surface area contributed by atoms with Crippen molar-refractivity contribution in [1.29, 1.82) is 0 Å². The molecular formula is C9H16N4. The number of aryl methyl sites for hydroxylation is 1. The number of nitrogens with two attached hydrogens (primary N) is 1. The first-order valence-corrected chi connectivity index (χ1v) is 4.88. The topological polar surface area (TPSA) is 56.7 Å². The Balaban J connectivity index is 2.12. The van der Waals surface area contributed by atoms with Crippen LogP contribution in [0.1, 0.15) is 24.2 Å². The average molecular weight is 180 g/mol. The van der Waals surface area contributed by atoms with Crippen LogP contribution in [0.2, 0.25) is 0 Å². The lowest BCUT2D eigenvalue weighted by atomic mass is 10.1. The molecule has 13 heavy (non-hydrogen) atoms. The van der Waals surface area contributed by atoms with Crippen LogP contribution in [0.15, 0.2) is 0 Å². The van der Waals surface area contributed by atoms with E-state index < -0.39 is 0 Å². The quantitative estimate of drug-likeness (QED) is 0.723. The molecule has 0 amide bonds. The Hall–Kier alpha value is -0.900. The van der Waals surface area contributed by atoms with E-state index in [1.165, 1.54) is 18.5 Å². The zero-order chi connectivity index (χ0) is 9.26. The minimum absolute atomic E-state index is 0.663. The van der Waals surface area contributed by atoms with Crippen molar-refractivity contribution in [3.63, 3.8) is 0 Å². The molecule has 2 rings (SSSR count). The largest absolute Gasteiger partial charge is 0.330 e. The molecule has 1 saturated carbocycles. The summed E-state index contributed by atoms with van der Waals surface area (Å²) < 4.78 is 1.89. The maximum Gasteiger partial charge on any atom is 0.0871 e. The monoisotopic (exact) mass is 180 g/mol. The summed E-state index contributed by atoms with van der Waals surface area (Å²) in [5, 5.41) is 8.15. The van der Waals surface area contributed by atoms with E-state index >= 15 is 0 Å². The second-order valence-corrected chi connectivity index (χ2v) is 3.79. The van der Waals surface area contributed by atoms with Crippen LogP contribution in [-0.4, -0.2) is 21.5 Å². The van der Waals surface area contributed by atoms with E-state index in [0.717, 1.165) is 24.5 Å². The molecule has 1 aliphatic carbocycles. The third-order valence-corrected chi connectivity index (χ3v) is 2.58. The standard InChI is InChI=1S/C9H16N4/c1-13-9(6-7-2-3-7)8(4-5-10)11-12-13/h7H,2-6,10H2,1H3. The molecule has 0 spiro atoms. The van der Waals surface area contributed by atoms with E-state index in [1.807, 2.05) is 11.7 Å². The van der Waals surface area contributed by atoms with E-state index in [0.29, 0.717) is 6.54 Å². The highest BCUT2D eigenvalue weighted by Crippen LogP contribution is 2.32. The van der Waals surface area contributed by atoms with Crippen molar-refractivity contribution in [1.82, 2.24) is 15.0 Å². The van der Waals surface area contributed by atoms with Crippen molar-refractivity contribution in [3.8, 4) is 0 Å². The number of rotatable bonds is 4. The van der Waals surface area contributed by atoms with Crippen molar-refractivity contribution < 1.29 is 0 Å². The van der Waals surface area contributed by atoms with Crippen LogP contribution in [0.25, 0.3) is 0 Å². The van der Waals surface area contributed by atoms with Gasteiger partial charge < -0.3 is 5.73 Å². The highest BCUT2D eigenvalue weighted by atomic mass is 15.4. The van der Waals surface area contributed by atoms with Gasteiger partial charge >= 0.3 is 0 Å². The molecule has 0 aromatic carbocycles. The molecule has 0 aliphatic heterocycles. The van der Waals surface area contributed by atoms with E-state index in [1.54, 1.807) is 0 Å². The minimum Gasteiger partial charge on any atom is -0.330 e. The lowest BCUT2D eigenvalue weighted by Crippen LogP contribution is -2.07. The SMILES string of the molecule is Cn1nnc(CCN)c1CC1CC1. The zero-order valence-electron chi connectivity index (χ0n) is 8.03. The van der Waals surface area contributed by atoms with E-state index in [4.69, 9.17) is 5.73 Å². The van der Waals surface area contributed by atoms with Crippen LogP contribution < -0.4 is 5.73 Å².